The van der Waals surface area contributed by atoms with Gasteiger partial charge in [-0.2, -0.15) is 0 Å². The summed E-state index contributed by atoms with van der Waals surface area (Å²) in [4.78, 5) is 12.5. The maximum atomic E-state index is 12.5. The summed E-state index contributed by atoms with van der Waals surface area (Å²) in [5.41, 5.74) is 0. The number of aliphatic hydroxyl groups is 1. The van der Waals surface area contributed by atoms with Gasteiger partial charge in [-0.3, -0.25) is 4.79 Å². The van der Waals surface area contributed by atoms with E-state index in [1.807, 2.05) is 0 Å². The number of rotatable bonds is 2. The van der Waals surface area contributed by atoms with Gasteiger partial charge in [0.05, 0.1) is 12.1 Å². The van der Waals surface area contributed by atoms with E-state index >= 15 is 0 Å². The van der Waals surface area contributed by atoms with Gasteiger partial charge in [0.25, 0.3) is 0 Å². The number of carbonyl (C=O) groups is 1. The van der Waals surface area contributed by atoms with Crippen molar-refractivity contribution in [3.05, 3.63) is 0 Å². The van der Waals surface area contributed by atoms with Gasteiger partial charge in [-0.25, -0.2) is 0 Å². The SMILES string of the molecule is O=C(NC1CCNCC1O)C1CCCCCCCCCC1. The summed E-state index contributed by atoms with van der Waals surface area (Å²) in [6.45, 7) is 1.47. The van der Waals surface area contributed by atoms with E-state index in [4.69, 9.17) is 0 Å². The quantitative estimate of drug-likeness (QED) is 0.733. The molecule has 2 atom stereocenters. The second-order valence-electron chi connectivity index (χ2n) is 6.78. The lowest BCUT2D eigenvalue weighted by Crippen LogP contribution is -2.53. The van der Waals surface area contributed by atoms with Crippen LogP contribution in [0.1, 0.15) is 70.6 Å². The average Bonchev–Trinajstić information content (AvgIpc) is 2.54. The number of piperidine rings is 1. The Morgan fingerprint density at radius 1 is 0.905 bits per heavy atom. The summed E-state index contributed by atoms with van der Waals surface area (Å²) >= 11 is 0. The molecule has 122 valence electrons. The zero-order valence-corrected chi connectivity index (χ0v) is 13.3. The van der Waals surface area contributed by atoms with Crippen molar-refractivity contribution < 1.29 is 9.90 Å². The van der Waals surface area contributed by atoms with Crippen LogP contribution < -0.4 is 10.6 Å². The highest BCUT2D eigenvalue weighted by Crippen LogP contribution is 2.22. The van der Waals surface area contributed by atoms with Crippen LogP contribution in [0.3, 0.4) is 0 Å². The lowest BCUT2D eigenvalue weighted by atomic mass is 9.93. The van der Waals surface area contributed by atoms with Crippen molar-refractivity contribution in [2.45, 2.75) is 82.8 Å². The molecule has 1 aliphatic carbocycles. The summed E-state index contributed by atoms with van der Waals surface area (Å²) in [6.07, 6.45) is 12.7. The first kappa shape index (κ1) is 16.8. The van der Waals surface area contributed by atoms with Crippen LogP contribution in [0, 0.1) is 5.92 Å². The maximum Gasteiger partial charge on any atom is 0.223 e. The van der Waals surface area contributed by atoms with Crippen molar-refractivity contribution in [3.8, 4) is 0 Å². The van der Waals surface area contributed by atoms with E-state index in [9.17, 15) is 9.90 Å². The first-order valence-corrected chi connectivity index (χ1v) is 8.96. The Bertz CT molecular complexity index is 297. The number of nitrogens with one attached hydrogen (secondary N) is 2. The molecular weight excluding hydrogens is 264 g/mol. The molecule has 2 aliphatic rings. The first-order chi connectivity index (χ1) is 10.3. The van der Waals surface area contributed by atoms with Crippen LogP contribution in [-0.2, 0) is 4.79 Å². The predicted octanol–water partition coefficient (Wildman–Crippen LogP) is 2.36. The van der Waals surface area contributed by atoms with Crippen molar-refractivity contribution >= 4 is 5.91 Å². The van der Waals surface area contributed by atoms with E-state index in [-0.39, 0.29) is 17.9 Å². The fourth-order valence-electron chi connectivity index (χ4n) is 3.56. The summed E-state index contributed by atoms with van der Waals surface area (Å²) in [6, 6.07) is -0.0584. The van der Waals surface area contributed by atoms with Crippen LogP contribution >= 0.6 is 0 Å². The van der Waals surface area contributed by atoms with Gasteiger partial charge in [-0.05, 0) is 25.8 Å². The fourth-order valence-corrected chi connectivity index (χ4v) is 3.56. The zero-order chi connectivity index (χ0) is 14.9. The van der Waals surface area contributed by atoms with Crippen molar-refractivity contribution in [1.82, 2.24) is 10.6 Å². The predicted molar refractivity (Wildman–Crippen MR) is 85.1 cm³/mol. The van der Waals surface area contributed by atoms with E-state index in [0.717, 1.165) is 25.8 Å². The van der Waals surface area contributed by atoms with Gasteiger partial charge >= 0.3 is 0 Å². The molecule has 1 aliphatic heterocycles. The highest BCUT2D eigenvalue weighted by molar-refractivity contribution is 5.79. The Kier molecular flexibility index (Phi) is 7.51. The van der Waals surface area contributed by atoms with Crippen molar-refractivity contribution in [3.63, 3.8) is 0 Å². The Labute approximate surface area is 129 Å². The third kappa shape index (κ3) is 5.95. The molecule has 1 saturated heterocycles. The molecule has 2 unspecified atom stereocenters. The molecule has 3 N–H and O–H groups in total. The number of β-amino-alcohol motifs (C(OH)–C–C–N with tert-alkyl or cyclic N) is 1. The monoisotopic (exact) mass is 296 g/mol. The molecule has 1 saturated carbocycles. The van der Waals surface area contributed by atoms with Gasteiger partial charge in [-0.1, -0.05) is 51.4 Å². The topological polar surface area (TPSA) is 61.4 Å². The Morgan fingerprint density at radius 3 is 2.05 bits per heavy atom. The Hall–Kier alpha value is -0.610. The minimum atomic E-state index is -0.439. The molecule has 0 radical (unpaired) electrons. The molecule has 4 nitrogen and oxygen atoms in total. The summed E-state index contributed by atoms with van der Waals surface area (Å²) in [7, 11) is 0. The third-order valence-electron chi connectivity index (χ3n) is 5.00. The third-order valence-corrected chi connectivity index (χ3v) is 5.00. The molecule has 21 heavy (non-hydrogen) atoms. The van der Waals surface area contributed by atoms with Crippen LogP contribution in [0.5, 0.6) is 0 Å². The lowest BCUT2D eigenvalue weighted by Gasteiger charge is -2.30. The Morgan fingerprint density at radius 2 is 1.48 bits per heavy atom. The molecule has 0 aromatic rings. The molecule has 0 bridgehead atoms. The molecule has 2 fully saturated rings. The van der Waals surface area contributed by atoms with Crippen LogP contribution in [0.2, 0.25) is 0 Å². The normalized spacial score (nSPS) is 30.3. The first-order valence-electron chi connectivity index (χ1n) is 8.96. The van der Waals surface area contributed by atoms with Gasteiger partial charge in [0.15, 0.2) is 0 Å². The number of hydrogen-bond donors (Lipinski definition) is 3. The van der Waals surface area contributed by atoms with E-state index in [1.54, 1.807) is 0 Å². The minimum Gasteiger partial charge on any atom is -0.390 e. The van der Waals surface area contributed by atoms with Crippen molar-refractivity contribution in [2.75, 3.05) is 13.1 Å². The standard InChI is InChI=1S/C17H32N2O2/c20-16-13-18-12-11-15(16)19-17(21)14-9-7-5-3-1-2-4-6-8-10-14/h14-16,18,20H,1-13H2,(H,19,21). The molecule has 1 amide bonds. The molecule has 4 heteroatoms. The number of hydrogen-bond acceptors (Lipinski definition) is 3. The number of aliphatic hydroxyl groups excluding tert-OH is 1. The molecule has 0 spiro atoms. The fraction of sp³-hybridized carbons (Fsp3) is 0.941. The van der Waals surface area contributed by atoms with Crippen molar-refractivity contribution in [1.29, 1.82) is 0 Å². The van der Waals surface area contributed by atoms with Gasteiger partial charge in [0, 0.05) is 12.5 Å². The van der Waals surface area contributed by atoms with E-state index in [2.05, 4.69) is 10.6 Å². The van der Waals surface area contributed by atoms with E-state index in [0.29, 0.717) is 6.54 Å². The van der Waals surface area contributed by atoms with Gasteiger partial charge in [0.2, 0.25) is 5.91 Å². The summed E-state index contributed by atoms with van der Waals surface area (Å²) in [5, 5.41) is 16.2. The Balaban J connectivity index is 1.81. The van der Waals surface area contributed by atoms with Crippen LogP contribution in [0.15, 0.2) is 0 Å². The maximum absolute atomic E-state index is 12.5. The van der Waals surface area contributed by atoms with Gasteiger partial charge in [-0.15, -0.1) is 0 Å². The number of carbonyl (C=O) groups excluding carboxylic acids is 1. The van der Waals surface area contributed by atoms with E-state index < -0.39 is 6.10 Å². The summed E-state index contributed by atoms with van der Waals surface area (Å²) < 4.78 is 0. The number of amides is 1. The smallest absolute Gasteiger partial charge is 0.223 e. The highest BCUT2D eigenvalue weighted by atomic mass is 16.3. The zero-order valence-electron chi connectivity index (χ0n) is 13.3. The molecule has 0 aromatic heterocycles. The lowest BCUT2D eigenvalue weighted by molar-refractivity contribution is -0.127. The van der Waals surface area contributed by atoms with Crippen molar-refractivity contribution in [2.24, 2.45) is 5.92 Å². The second-order valence-corrected chi connectivity index (χ2v) is 6.78. The molecule has 2 rings (SSSR count). The average molecular weight is 296 g/mol. The van der Waals surface area contributed by atoms with Gasteiger partial charge in [0.1, 0.15) is 0 Å². The van der Waals surface area contributed by atoms with Gasteiger partial charge < -0.3 is 15.7 Å². The minimum absolute atomic E-state index is 0.0584. The molecule has 1 heterocycles. The molecular formula is C17H32N2O2. The van der Waals surface area contributed by atoms with E-state index in [1.165, 1.54) is 51.4 Å². The van der Waals surface area contributed by atoms with Crippen LogP contribution in [0.25, 0.3) is 0 Å². The van der Waals surface area contributed by atoms with Crippen LogP contribution in [-0.4, -0.2) is 36.2 Å². The summed E-state index contributed by atoms with van der Waals surface area (Å²) in [5.74, 6) is 0.338. The highest BCUT2D eigenvalue weighted by Gasteiger charge is 2.27. The largest absolute Gasteiger partial charge is 0.390 e. The second kappa shape index (κ2) is 9.42. The van der Waals surface area contributed by atoms with Crippen LogP contribution in [0.4, 0.5) is 0 Å². The molecule has 0 aromatic carbocycles.